The first-order valence-electron chi connectivity index (χ1n) is 9.03. The molecule has 0 aromatic heterocycles. The van der Waals surface area contributed by atoms with Gasteiger partial charge < -0.3 is 23.7 Å². The number of hydrogen-bond acceptors (Lipinski definition) is 5. The lowest BCUT2D eigenvalue weighted by atomic mass is 10.3. The van der Waals surface area contributed by atoms with Crippen LogP contribution in [0.3, 0.4) is 0 Å². The zero-order valence-electron chi connectivity index (χ0n) is 16.0. The summed E-state index contributed by atoms with van der Waals surface area (Å²) in [5.41, 5.74) is 0. The number of rotatable bonds is 16. The first-order valence-corrected chi connectivity index (χ1v) is 9.03. The van der Waals surface area contributed by atoms with E-state index in [2.05, 4.69) is 6.92 Å². The lowest BCUT2D eigenvalue weighted by Gasteiger charge is -2.21. The average Bonchev–Trinajstić information content (AvgIpc) is 2.53. The highest BCUT2D eigenvalue weighted by Crippen LogP contribution is 2.02. The molecular formula is C18H38O5. The highest BCUT2D eigenvalue weighted by atomic mass is 16.6. The van der Waals surface area contributed by atoms with Crippen LogP contribution in [0.2, 0.25) is 0 Å². The molecule has 0 bridgehead atoms. The zero-order chi connectivity index (χ0) is 17.5. The summed E-state index contributed by atoms with van der Waals surface area (Å²) in [6.45, 7) is 16.1. The van der Waals surface area contributed by atoms with Gasteiger partial charge in [-0.05, 0) is 41.0 Å². The second-order valence-corrected chi connectivity index (χ2v) is 6.13. The van der Waals surface area contributed by atoms with E-state index in [1.54, 1.807) is 0 Å². The van der Waals surface area contributed by atoms with Crippen LogP contribution in [-0.2, 0) is 23.7 Å². The van der Waals surface area contributed by atoms with Gasteiger partial charge in [-0.3, -0.25) is 0 Å². The van der Waals surface area contributed by atoms with Crippen molar-refractivity contribution < 1.29 is 23.7 Å². The molecule has 0 aliphatic heterocycles. The van der Waals surface area contributed by atoms with E-state index in [0.717, 1.165) is 19.4 Å². The molecule has 4 atom stereocenters. The molecule has 0 rings (SSSR count). The Balaban J connectivity index is 3.59. The van der Waals surface area contributed by atoms with Crippen molar-refractivity contribution in [3.05, 3.63) is 0 Å². The Morgan fingerprint density at radius 2 is 1.04 bits per heavy atom. The van der Waals surface area contributed by atoms with Gasteiger partial charge in [0, 0.05) is 13.2 Å². The molecule has 0 saturated carbocycles. The van der Waals surface area contributed by atoms with E-state index < -0.39 is 0 Å². The number of ether oxygens (including phenoxy) is 5. The minimum atomic E-state index is 0.0449. The van der Waals surface area contributed by atoms with Crippen LogP contribution in [0.15, 0.2) is 0 Å². The summed E-state index contributed by atoms with van der Waals surface area (Å²) in [7, 11) is 0. The molecule has 0 radical (unpaired) electrons. The van der Waals surface area contributed by atoms with Crippen LogP contribution < -0.4 is 0 Å². The minimum absolute atomic E-state index is 0.0449. The van der Waals surface area contributed by atoms with Crippen LogP contribution in [0.5, 0.6) is 0 Å². The molecule has 0 aliphatic rings. The Morgan fingerprint density at radius 1 is 0.609 bits per heavy atom. The third-order valence-corrected chi connectivity index (χ3v) is 3.29. The van der Waals surface area contributed by atoms with Crippen LogP contribution in [-0.4, -0.2) is 64.1 Å². The molecule has 0 heterocycles. The molecule has 4 unspecified atom stereocenters. The number of hydrogen-bond donors (Lipinski definition) is 0. The highest BCUT2D eigenvalue weighted by Gasteiger charge is 2.11. The van der Waals surface area contributed by atoms with Crippen molar-refractivity contribution in [2.45, 2.75) is 78.8 Å². The summed E-state index contributed by atoms with van der Waals surface area (Å²) in [5.74, 6) is 0. The molecule has 0 saturated heterocycles. The maximum Gasteiger partial charge on any atom is 0.0781 e. The minimum Gasteiger partial charge on any atom is -0.379 e. The lowest BCUT2D eigenvalue weighted by Crippen LogP contribution is -2.28. The molecule has 5 nitrogen and oxygen atoms in total. The van der Waals surface area contributed by atoms with E-state index in [0.29, 0.717) is 33.0 Å². The second-order valence-electron chi connectivity index (χ2n) is 6.13. The maximum absolute atomic E-state index is 5.76. The van der Waals surface area contributed by atoms with Crippen LogP contribution in [0.25, 0.3) is 0 Å². The van der Waals surface area contributed by atoms with Gasteiger partial charge in [-0.1, -0.05) is 13.3 Å². The fourth-order valence-corrected chi connectivity index (χ4v) is 1.87. The molecular weight excluding hydrogens is 296 g/mol. The quantitative estimate of drug-likeness (QED) is 0.405. The SMILES string of the molecule is CCCCOCC(C)OCC(C)OCC(C)OCC(C)OCC. The molecule has 23 heavy (non-hydrogen) atoms. The van der Waals surface area contributed by atoms with Crippen molar-refractivity contribution >= 4 is 0 Å². The molecule has 0 N–H and O–H groups in total. The van der Waals surface area contributed by atoms with E-state index in [9.17, 15) is 0 Å². The Bertz CT molecular complexity index is 250. The highest BCUT2D eigenvalue weighted by molar-refractivity contribution is 4.56. The van der Waals surface area contributed by atoms with E-state index in [1.807, 2.05) is 34.6 Å². The van der Waals surface area contributed by atoms with E-state index in [4.69, 9.17) is 23.7 Å². The van der Waals surface area contributed by atoms with Crippen molar-refractivity contribution in [1.29, 1.82) is 0 Å². The Morgan fingerprint density at radius 3 is 1.48 bits per heavy atom. The van der Waals surface area contributed by atoms with Gasteiger partial charge in [-0.15, -0.1) is 0 Å². The molecule has 0 aromatic carbocycles. The molecule has 0 amide bonds. The molecule has 0 spiro atoms. The summed E-state index contributed by atoms with van der Waals surface area (Å²) in [6, 6.07) is 0. The van der Waals surface area contributed by atoms with Crippen molar-refractivity contribution in [2.75, 3.05) is 39.6 Å². The van der Waals surface area contributed by atoms with Gasteiger partial charge in [0.05, 0.1) is 50.8 Å². The lowest BCUT2D eigenvalue weighted by molar-refractivity contribution is -0.0914. The van der Waals surface area contributed by atoms with Crippen molar-refractivity contribution in [3.63, 3.8) is 0 Å². The molecule has 0 aromatic rings. The third-order valence-electron chi connectivity index (χ3n) is 3.29. The van der Waals surface area contributed by atoms with Crippen molar-refractivity contribution in [3.8, 4) is 0 Å². The molecule has 5 heteroatoms. The van der Waals surface area contributed by atoms with Crippen LogP contribution >= 0.6 is 0 Å². The van der Waals surface area contributed by atoms with Gasteiger partial charge in [0.15, 0.2) is 0 Å². The van der Waals surface area contributed by atoms with Crippen LogP contribution in [0.4, 0.5) is 0 Å². The van der Waals surface area contributed by atoms with Gasteiger partial charge in [0.1, 0.15) is 0 Å². The van der Waals surface area contributed by atoms with E-state index in [-0.39, 0.29) is 24.4 Å². The molecule has 0 fully saturated rings. The van der Waals surface area contributed by atoms with E-state index in [1.165, 1.54) is 0 Å². The van der Waals surface area contributed by atoms with Crippen LogP contribution in [0, 0.1) is 0 Å². The van der Waals surface area contributed by atoms with Crippen molar-refractivity contribution in [2.24, 2.45) is 0 Å². The van der Waals surface area contributed by atoms with Gasteiger partial charge in [-0.2, -0.15) is 0 Å². The van der Waals surface area contributed by atoms with E-state index >= 15 is 0 Å². The molecule has 0 aliphatic carbocycles. The summed E-state index contributed by atoms with van der Waals surface area (Å²) in [5, 5.41) is 0. The Labute approximate surface area is 143 Å². The average molecular weight is 334 g/mol. The summed E-state index contributed by atoms with van der Waals surface area (Å²) in [6.07, 6.45) is 2.57. The third kappa shape index (κ3) is 15.1. The Kier molecular flexibility index (Phi) is 15.2. The zero-order valence-corrected chi connectivity index (χ0v) is 16.0. The standard InChI is InChI=1S/C18H38O5/c1-7-9-10-19-11-15(3)21-13-17(5)23-14-18(6)22-12-16(4)20-8-2/h15-18H,7-14H2,1-6H3. The first kappa shape index (κ1) is 22.8. The largest absolute Gasteiger partial charge is 0.379 e. The smallest absolute Gasteiger partial charge is 0.0781 e. The second kappa shape index (κ2) is 15.3. The fraction of sp³-hybridized carbons (Fsp3) is 1.00. The predicted octanol–water partition coefficient (Wildman–Crippen LogP) is 3.44. The van der Waals surface area contributed by atoms with Gasteiger partial charge in [0.25, 0.3) is 0 Å². The van der Waals surface area contributed by atoms with Gasteiger partial charge in [-0.25, -0.2) is 0 Å². The summed E-state index contributed by atoms with van der Waals surface area (Å²) < 4.78 is 28.2. The fourth-order valence-electron chi connectivity index (χ4n) is 1.87. The van der Waals surface area contributed by atoms with Crippen molar-refractivity contribution in [1.82, 2.24) is 0 Å². The number of unbranched alkanes of at least 4 members (excludes halogenated alkanes) is 1. The monoisotopic (exact) mass is 334 g/mol. The maximum atomic E-state index is 5.76. The first-order chi connectivity index (χ1) is 11.0. The van der Waals surface area contributed by atoms with Gasteiger partial charge in [0.2, 0.25) is 0 Å². The summed E-state index contributed by atoms with van der Waals surface area (Å²) >= 11 is 0. The van der Waals surface area contributed by atoms with Gasteiger partial charge >= 0.3 is 0 Å². The molecule has 140 valence electrons. The van der Waals surface area contributed by atoms with Crippen LogP contribution in [0.1, 0.15) is 54.4 Å². The summed E-state index contributed by atoms with van der Waals surface area (Å²) in [4.78, 5) is 0. The predicted molar refractivity (Wildman–Crippen MR) is 93.1 cm³/mol. The Hall–Kier alpha value is -0.200. The normalized spacial score (nSPS) is 17.0. The topological polar surface area (TPSA) is 46.2 Å².